The van der Waals surface area contributed by atoms with Crippen molar-refractivity contribution < 1.29 is 0 Å². The summed E-state index contributed by atoms with van der Waals surface area (Å²) >= 11 is 0. The van der Waals surface area contributed by atoms with Gasteiger partial charge in [-0.05, 0) is 41.0 Å². The molecule has 0 unspecified atom stereocenters. The van der Waals surface area contributed by atoms with Crippen LogP contribution in [0, 0.1) is 0 Å². The molecule has 0 amide bonds. The minimum Gasteiger partial charge on any atom is -0.399 e. The number of nitrogen functional groups attached to an aromatic ring is 1. The standard InChI is InChI=1S/C16H14N2/c17-15-4-1-3-14(11-15)12-6-8-13(9-7-12)16-5-2-10-18-16/h1-11,18H,17H2. The summed E-state index contributed by atoms with van der Waals surface area (Å²) < 4.78 is 0. The lowest BCUT2D eigenvalue weighted by atomic mass is 10.0. The first-order chi connectivity index (χ1) is 8.83. The smallest absolute Gasteiger partial charge is 0.0453 e. The van der Waals surface area contributed by atoms with Crippen molar-refractivity contribution in [3.63, 3.8) is 0 Å². The van der Waals surface area contributed by atoms with Crippen LogP contribution in [-0.4, -0.2) is 4.98 Å². The number of rotatable bonds is 2. The highest BCUT2D eigenvalue weighted by Crippen LogP contribution is 2.24. The van der Waals surface area contributed by atoms with Gasteiger partial charge in [-0.3, -0.25) is 0 Å². The van der Waals surface area contributed by atoms with Gasteiger partial charge in [0.2, 0.25) is 0 Å². The van der Waals surface area contributed by atoms with Crippen LogP contribution in [0.4, 0.5) is 5.69 Å². The first-order valence-electron chi connectivity index (χ1n) is 5.93. The fourth-order valence-electron chi connectivity index (χ4n) is 2.07. The first kappa shape index (κ1) is 10.7. The lowest BCUT2D eigenvalue weighted by Crippen LogP contribution is -1.85. The molecule has 1 aromatic heterocycles. The Bertz CT molecular complexity index is 637. The van der Waals surface area contributed by atoms with Crippen molar-refractivity contribution in [1.82, 2.24) is 4.98 Å². The minimum absolute atomic E-state index is 0.793. The van der Waals surface area contributed by atoms with E-state index in [0.29, 0.717) is 0 Å². The summed E-state index contributed by atoms with van der Waals surface area (Å²) in [5.74, 6) is 0. The van der Waals surface area contributed by atoms with Gasteiger partial charge in [0.25, 0.3) is 0 Å². The lowest BCUT2D eigenvalue weighted by Gasteiger charge is -2.04. The molecule has 0 aliphatic rings. The molecule has 0 aliphatic heterocycles. The van der Waals surface area contributed by atoms with E-state index in [1.165, 1.54) is 11.1 Å². The first-order valence-corrected chi connectivity index (χ1v) is 5.93. The number of H-pyrrole nitrogens is 1. The summed E-state index contributed by atoms with van der Waals surface area (Å²) in [6.07, 6.45) is 1.93. The molecule has 3 N–H and O–H groups in total. The number of benzene rings is 2. The second-order valence-corrected chi connectivity index (χ2v) is 4.29. The van der Waals surface area contributed by atoms with Crippen LogP contribution in [0.3, 0.4) is 0 Å². The maximum absolute atomic E-state index is 5.80. The van der Waals surface area contributed by atoms with Gasteiger partial charge in [-0.15, -0.1) is 0 Å². The molecule has 0 spiro atoms. The number of nitrogens with one attached hydrogen (secondary N) is 1. The van der Waals surface area contributed by atoms with Crippen LogP contribution in [0.15, 0.2) is 66.9 Å². The maximum atomic E-state index is 5.80. The molecule has 0 saturated carbocycles. The molecule has 0 saturated heterocycles. The molecule has 0 radical (unpaired) electrons. The zero-order valence-corrected chi connectivity index (χ0v) is 9.93. The summed E-state index contributed by atoms with van der Waals surface area (Å²) in [5.41, 5.74) is 11.2. The highest BCUT2D eigenvalue weighted by atomic mass is 14.7. The average molecular weight is 234 g/mol. The highest BCUT2D eigenvalue weighted by molar-refractivity contribution is 5.70. The van der Waals surface area contributed by atoms with Crippen molar-refractivity contribution >= 4 is 5.69 Å². The van der Waals surface area contributed by atoms with Crippen LogP contribution < -0.4 is 5.73 Å². The van der Waals surface area contributed by atoms with Crippen molar-refractivity contribution in [2.24, 2.45) is 0 Å². The van der Waals surface area contributed by atoms with Crippen LogP contribution >= 0.6 is 0 Å². The molecule has 2 aromatic carbocycles. The van der Waals surface area contributed by atoms with Crippen molar-refractivity contribution in [3.8, 4) is 22.4 Å². The Morgan fingerprint density at radius 3 is 2.17 bits per heavy atom. The van der Waals surface area contributed by atoms with Gasteiger partial charge >= 0.3 is 0 Å². The maximum Gasteiger partial charge on any atom is 0.0453 e. The van der Waals surface area contributed by atoms with E-state index >= 15 is 0 Å². The van der Waals surface area contributed by atoms with Gasteiger partial charge in [-0.2, -0.15) is 0 Å². The quantitative estimate of drug-likeness (QED) is 0.648. The van der Waals surface area contributed by atoms with Gasteiger partial charge in [-0.1, -0.05) is 36.4 Å². The third kappa shape index (κ3) is 2.00. The topological polar surface area (TPSA) is 41.8 Å². The third-order valence-electron chi connectivity index (χ3n) is 3.01. The second-order valence-electron chi connectivity index (χ2n) is 4.29. The van der Waals surface area contributed by atoms with E-state index in [1.807, 2.05) is 30.5 Å². The summed E-state index contributed by atoms with van der Waals surface area (Å²) in [4.78, 5) is 3.20. The number of aromatic nitrogens is 1. The lowest BCUT2D eigenvalue weighted by molar-refractivity contribution is 1.40. The van der Waals surface area contributed by atoms with E-state index in [0.717, 1.165) is 16.9 Å². The molecule has 0 bridgehead atoms. The number of hydrogen-bond acceptors (Lipinski definition) is 1. The third-order valence-corrected chi connectivity index (χ3v) is 3.01. The SMILES string of the molecule is Nc1cccc(-c2ccc(-c3ccc[nH]3)cc2)c1. The average Bonchev–Trinajstić information content (AvgIpc) is 2.93. The monoisotopic (exact) mass is 234 g/mol. The molecule has 3 rings (SSSR count). The van der Waals surface area contributed by atoms with Crippen molar-refractivity contribution in [2.75, 3.05) is 5.73 Å². The Kier molecular flexibility index (Phi) is 2.61. The van der Waals surface area contributed by atoms with Gasteiger partial charge < -0.3 is 10.7 Å². The largest absolute Gasteiger partial charge is 0.399 e. The second kappa shape index (κ2) is 4.41. The van der Waals surface area contributed by atoms with Crippen LogP contribution in [-0.2, 0) is 0 Å². The van der Waals surface area contributed by atoms with Crippen molar-refractivity contribution in [2.45, 2.75) is 0 Å². The molecule has 0 fully saturated rings. The van der Waals surface area contributed by atoms with E-state index in [1.54, 1.807) is 0 Å². The fraction of sp³-hybridized carbons (Fsp3) is 0. The Labute approximate surface area is 106 Å². The highest BCUT2D eigenvalue weighted by Gasteiger charge is 2.00. The fourth-order valence-corrected chi connectivity index (χ4v) is 2.07. The van der Waals surface area contributed by atoms with Gasteiger partial charge in [0, 0.05) is 17.6 Å². The minimum atomic E-state index is 0.793. The zero-order valence-electron chi connectivity index (χ0n) is 9.93. The van der Waals surface area contributed by atoms with Crippen LogP contribution in [0.2, 0.25) is 0 Å². The van der Waals surface area contributed by atoms with E-state index in [2.05, 4.69) is 41.4 Å². The van der Waals surface area contributed by atoms with Gasteiger partial charge in [0.05, 0.1) is 0 Å². The van der Waals surface area contributed by atoms with Gasteiger partial charge in [0.1, 0.15) is 0 Å². The normalized spacial score (nSPS) is 10.4. The molecule has 18 heavy (non-hydrogen) atoms. The Morgan fingerprint density at radius 2 is 1.50 bits per heavy atom. The van der Waals surface area contributed by atoms with E-state index in [-0.39, 0.29) is 0 Å². The summed E-state index contributed by atoms with van der Waals surface area (Å²) in [5, 5.41) is 0. The molecular formula is C16H14N2. The molecular weight excluding hydrogens is 220 g/mol. The Hall–Kier alpha value is -2.48. The van der Waals surface area contributed by atoms with E-state index in [4.69, 9.17) is 5.73 Å². The summed E-state index contributed by atoms with van der Waals surface area (Å²) in [6, 6.07) is 20.5. The predicted molar refractivity (Wildman–Crippen MR) is 76.1 cm³/mol. The molecule has 0 aliphatic carbocycles. The Balaban J connectivity index is 1.96. The molecule has 2 nitrogen and oxygen atoms in total. The number of nitrogens with two attached hydrogens (primary N) is 1. The molecule has 88 valence electrons. The molecule has 3 aromatic rings. The molecule has 1 heterocycles. The van der Waals surface area contributed by atoms with Crippen LogP contribution in [0.25, 0.3) is 22.4 Å². The number of aromatic amines is 1. The summed E-state index contributed by atoms with van der Waals surface area (Å²) in [6.45, 7) is 0. The van der Waals surface area contributed by atoms with Crippen LogP contribution in [0.1, 0.15) is 0 Å². The van der Waals surface area contributed by atoms with Gasteiger partial charge in [-0.25, -0.2) is 0 Å². The van der Waals surface area contributed by atoms with Crippen molar-refractivity contribution in [1.29, 1.82) is 0 Å². The van der Waals surface area contributed by atoms with E-state index in [9.17, 15) is 0 Å². The Morgan fingerprint density at radius 1 is 0.722 bits per heavy atom. The summed E-state index contributed by atoms with van der Waals surface area (Å²) in [7, 11) is 0. The molecule has 0 atom stereocenters. The van der Waals surface area contributed by atoms with Crippen LogP contribution in [0.5, 0.6) is 0 Å². The number of hydrogen-bond donors (Lipinski definition) is 2. The predicted octanol–water partition coefficient (Wildman–Crippen LogP) is 3.93. The zero-order chi connectivity index (χ0) is 12.4. The molecule has 2 heteroatoms. The van der Waals surface area contributed by atoms with Crippen molar-refractivity contribution in [3.05, 3.63) is 66.9 Å². The van der Waals surface area contributed by atoms with E-state index < -0.39 is 0 Å². The van der Waals surface area contributed by atoms with Gasteiger partial charge in [0.15, 0.2) is 0 Å². The number of anilines is 1.